The molecule has 4 aliphatic heterocycles. The monoisotopic (exact) mass is 461 g/mol. The van der Waals surface area contributed by atoms with E-state index in [9.17, 15) is 9.90 Å². The molecule has 2 aromatic carbocycles. The number of carbonyl (C=O) groups is 1. The highest BCUT2D eigenvalue weighted by atomic mass is 16.5. The van der Waals surface area contributed by atoms with Crippen LogP contribution < -0.4 is 15.0 Å². The number of amides is 1. The molecule has 178 valence electrons. The first-order valence-corrected chi connectivity index (χ1v) is 12.0. The van der Waals surface area contributed by atoms with Gasteiger partial charge in [0, 0.05) is 55.6 Å². The van der Waals surface area contributed by atoms with Crippen molar-refractivity contribution >= 4 is 11.6 Å². The summed E-state index contributed by atoms with van der Waals surface area (Å²) in [5.74, 6) is 1.06. The van der Waals surface area contributed by atoms with Crippen LogP contribution in [-0.4, -0.2) is 77.6 Å². The Hall–Kier alpha value is -3.07. The lowest BCUT2D eigenvalue weighted by Crippen LogP contribution is -2.51. The average Bonchev–Trinajstić information content (AvgIpc) is 3.28. The highest BCUT2D eigenvalue weighted by Gasteiger charge is 2.47. The quantitative estimate of drug-likeness (QED) is 0.666. The van der Waals surface area contributed by atoms with Crippen molar-refractivity contribution < 1.29 is 14.6 Å². The van der Waals surface area contributed by atoms with E-state index in [0.717, 1.165) is 68.6 Å². The molecule has 0 bridgehead atoms. The van der Waals surface area contributed by atoms with E-state index in [1.807, 2.05) is 23.1 Å². The predicted molar refractivity (Wildman–Crippen MR) is 130 cm³/mol. The second-order valence-electron chi connectivity index (χ2n) is 9.94. The first kappa shape index (κ1) is 21.5. The van der Waals surface area contributed by atoms with Gasteiger partial charge in [-0.3, -0.25) is 4.79 Å². The van der Waals surface area contributed by atoms with Crippen LogP contribution >= 0.6 is 0 Å². The van der Waals surface area contributed by atoms with Crippen molar-refractivity contribution in [3.63, 3.8) is 0 Å². The van der Waals surface area contributed by atoms with Crippen LogP contribution in [0.25, 0.3) is 0 Å². The molecule has 0 aliphatic carbocycles. The molecule has 34 heavy (non-hydrogen) atoms. The molecule has 6 rings (SSSR count). The van der Waals surface area contributed by atoms with E-state index >= 15 is 0 Å². The second-order valence-corrected chi connectivity index (χ2v) is 9.94. The third-order valence-electron chi connectivity index (χ3n) is 7.36. The Morgan fingerprint density at radius 3 is 2.62 bits per heavy atom. The standard InChI is InChI=1S/C26H31N5O3/c1-26(2)22-9-12-30-16-29(17-31(30)24(22)21-8-7-20(32)15-23(21)34-26)19-5-3-18(4-6-19)25(33)28-13-10-27-11-14-28/h3-9,15,24,27,32H,10-14,16-17H2,1-2H3. The lowest BCUT2D eigenvalue weighted by molar-refractivity contribution is -0.0297. The van der Waals surface area contributed by atoms with Crippen LogP contribution in [0.2, 0.25) is 0 Å². The molecule has 1 atom stereocenters. The fourth-order valence-electron chi connectivity index (χ4n) is 5.57. The molecule has 1 amide bonds. The average molecular weight is 462 g/mol. The van der Waals surface area contributed by atoms with Crippen molar-refractivity contribution in [3.05, 3.63) is 65.2 Å². The minimum absolute atomic E-state index is 0.0617. The summed E-state index contributed by atoms with van der Waals surface area (Å²) in [6.07, 6.45) is 2.29. The van der Waals surface area contributed by atoms with Gasteiger partial charge in [-0.05, 0) is 55.8 Å². The third-order valence-corrected chi connectivity index (χ3v) is 7.36. The van der Waals surface area contributed by atoms with Gasteiger partial charge >= 0.3 is 0 Å². The van der Waals surface area contributed by atoms with Gasteiger partial charge in [0.15, 0.2) is 0 Å². The fourth-order valence-corrected chi connectivity index (χ4v) is 5.57. The molecular weight excluding hydrogens is 430 g/mol. The molecule has 4 aliphatic rings. The van der Waals surface area contributed by atoms with Crippen LogP contribution in [0.3, 0.4) is 0 Å². The van der Waals surface area contributed by atoms with E-state index in [1.165, 1.54) is 5.57 Å². The highest BCUT2D eigenvalue weighted by molar-refractivity contribution is 5.94. The lowest BCUT2D eigenvalue weighted by atomic mass is 9.82. The zero-order valence-corrected chi connectivity index (χ0v) is 19.7. The molecule has 8 nitrogen and oxygen atoms in total. The number of hydrogen-bond donors (Lipinski definition) is 2. The molecule has 2 aromatic rings. The maximum absolute atomic E-state index is 12.8. The number of aromatic hydroxyl groups is 1. The number of nitrogens with zero attached hydrogens (tertiary/aromatic N) is 4. The maximum Gasteiger partial charge on any atom is 0.253 e. The lowest BCUT2D eigenvalue weighted by Gasteiger charge is -2.47. The number of phenols is 1. The number of fused-ring (bicyclic) bond motifs is 5. The molecule has 0 radical (unpaired) electrons. The zero-order valence-electron chi connectivity index (χ0n) is 19.7. The van der Waals surface area contributed by atoms with Crippen LogP contribution in [0.1, 0.15) is 35.8 Å². The summed E-state index contributed by atoms with van der Waals surface area (Å²) >= 11 is 0. The van der Waals surface area contributed by atoms with Gasteiger partial charge in [-0.2, -0.15) is 0 Å². The van der Waals surface area contributed by atoms with E-state index in [0.29, 0.717) is 0 Å². The van der Waals surface area contributed by atoms with Crippen LogP contribution in [0, 0.1) is 0 Å². The number of nitrogens with one attached hydrogen (secondary N) is 1. The maximum atomic E-state index is 12.8. The van der Waals surface area contributed by atoms with Gasteiger partial charge < -0.3 is 25.0 Å². The SMILES string of the molecule is CC1(C)Oc2cc(O)ccc2C2C1=CCN1CN(c3ccc(C(=O)N4CCNCC4)cc3)CN21. The summed E-state index contributed by atoms with van der Waals surface area (Å²) in [5, 5.41) is 18.1. The van der Waals surface area contributed by atoms with Crippen molar-refractivity contribution in [1.29, 1.82) is 0 Å². The van der Waals surface area contributed by atoms with Gasteiger partial charge in [0.1, 0.15) is 17.1 Å². The van der Waals surface area contributed by atoms with Gasteiger partial charge in [0.25, 0.3) is 5.91 Å². The molecule has 0 spiro atoms. The van der Waals surface area contributed by atoms with Gasteiger partial charge in [-0.25, -0.2) is 10.0 Å². The molecule has 2 saturated heterocycles. The summed E-state index contributed by atoms with van der Waals surface area (Å²) in [6.45, 7) is 9.74. The first-order chi connectivity index (χ1) is 16.4. The number of piperazine rings is 1. The summed E-state index contributed by atoms with van der Waals surface area (Å²) in [4.78, 5) is 17.1. The summed E-state index contributed by atoms with van der Waals surface area (Å²) in [6, 6.07) is 13.5. The topological polar surface area (TPSA) is 71.5 Å². The number of carbonyl (C=O) groups excluding carboxylic acids is 1. The number of anilines is 1. The van der Waals surface area contributed by atoms with Crippen molar-refractivity contribution in [1.82, 2.24) is 20.2 Å². The normalized spacial score (nSPS) is 24.1. The zero-order chi connectivity index (χ0) is 23.4. The number of hydrogen-bond acceptors (Lipinski definition) is 7. The predicted octanol–water partition coefficient (Wildman–Crippen LogP) is 2.54. The van der Waals surface area contributed by atoms with Crippen LogP contribution in [-0.2, 0) is 0 Å². The van der Waals surface area contributed by atoms with E-state index in [1.54, 1.807) is 12.1 Å². The number of hydrazine groups is 1. The molecule has 2 N–H and O–H groups in total. The Kier molecular flexibility index (Phi) is 5.05. The fraction of sp³-hybridized carbons (Fsp3) is 0.423. The van der Waals surface area contributed by atoms with Gasteiger partial charge in [-0.1, -0.05) is 6.08 Å². The van der Waals surface area contributed by atoms with E-state index < -0.39 is 5.60 Å². The largest absolute Gasteiger partial charge is 0.508 e. The van der Waals surface area contributed by atoms with Crippen molar-refractivity contribution in [2.45, 2.75) is 25.5 Å². The van der Waals surface area contributed by atoms with Crippen molar-refractivity contribution in [2.24, 2.45) is 0 Å². The van der Waals surface area contributed by atoms with E-state index in [2.05, 4.69) is 52.3 Å². The van der Waals surface area contributed by atoms with Gasteiger partial charge in [-0.15, -0.1) is 0 Å². The molecule has 2 fully saturated rings. The second kappa shape index (κ2) is 8.01. The Morgan fingerprint density at radius 1 is 1.09 bits per heavy atom. The molecule has 8 heteroatoms. The van der Waals surface area contributed by atoms with E-state index in [-0.39, 0.29) is 17.7 Å². The molecular formula is C26H31N5O3. The molecule has 0 saturated carbocycles. The minimum atomic E-state index is -0.447. The van der Waals surface area contributed by atoms with Gasteiger partial charge in [0.2, 0.25) is 0 Å². The summed E-state index contributed by atoms with van der Waals surface area (Å²) in [5.41, 5.74) is 3.72. The van der Waals surface area contributed by atoms with Crippen LogP contribution in [0.15, 0.2) is 54.1 Å². The number of ether oxygens (including phenoxy) is 1. The molecule has 0 aromatic heterocycles. The summed E-state index contributed by atoms with van der Waals surface area (Å²) < 4.78 is 6.29. The minimum Gasteiger partial charge on any atom is -0.508 e. The molecule has 1 unspecified atom stereocenters. The first-order valence-electron chi connectivity index (χ1n) is 12.0. The van der Waals surface area contributed by atoms with Crippen molar-refractivity contribution in [2.75, 3.05) is 51.0 Å². The third kappa shape index (κ3) is 3.53. The Morgan fingerprint density at radius 2 is 1.85 bits per heavy atom. The van der Waals surface area contributed by atoms with Gasteiger partial charge in [0.05, 0.1) is 19.4 Å². The number of benzene rings is 2. The Labute approximate surface area is 200 Å². The summed E-state index contributed by atoms with van der Waals surface area (Å²) in [7, 11) is 0. The highest BCUT2D eigenvalue weighted by Crippen LogP contribution is 2.50. The Balaban J connectivity index is 1.24. The Bertz CT molecular complexity index is 1140. The number of rotatable bonds is 2. The van der Waals surface area contributed by atoms with E-state index in [4.69, 9.17) is 4.74 Å². The molecule has 4 heterocycles. The van der Waals surface area contributed by atoms with Crippen LogP contribution in [0.4, 0.5) is 5.69 Å². The van der Waals surface area contributed by atoms with Crippen LogP contribution in [0.5, 0.6) is 11.5 Å². The smallest absolute Gasteiger partial charge is 0.253 e. The number of phenolic OH excluding ortho intramolecular Hbond substituents is 1. The van der Waals surface area contributed by atoms with Crippen molar-refractivity contribution in [3.8, 4) is 11.5 Å².